The molecule has 1 rings (SSSR count). The zero-order valence-electron chi connectivity index (χ0n) is 15.4. The van der Waals surface area contributed by atoms with Gasteiger partial charge in [-0.1, -0.05) is 33.6 Å². The highest BCUT2D eigenvalue weighted by molar-refractivity contribution is 5.68. The second-order valence-corrected chi connectivity index (χ2v) is 8.20. The van der Waals surface area contributed by atoms with Crippen LogP contribution in [0.3, 0.4) is 0 Å². The lowest BCUT2D eigenvalue weighted by Gasteiger charge is -2.39. The van der Waals surface area contributed by atoms with Crippen LogP contribution in [0.2, 0.25) is 0 Å². The Morgan fingerprint density at radius 3 is 2.55 bits per heavy atom. The number of hydrogen-bond acceptors (Lipinski definition) is 3. The number of nitrogens with one attached hydrogen (secondary N) is 1. The number of unbranched alkanes of at least 4 members (excludes halogenated alkanes) is 1. The molecule has 0 spiro atoms. The molecule has 0 aromatic carbocycles. The van der Waals surface area contributed by atoms with E-state index in [0.29, 0.717) is 11.8 Å². The summed E-state index contributed by atoms with van der Waals surface area (Å²) in [5.41, 5.74) is -0.433. The van der Waals surface area contributed by atoms with E-state index in [1.165, 1.54) is 25.8 Å². The van der Waals surface area contributed by atoms with Crippen LogP contribution in [0.4, 0.5) is 4.79 Å². The zero-order valence-corrected chi connectivity index (χ0v) is 15.4. The van der Waals surface area contributed by atoms with Crippen LogP contribution in [0, 0.1) is 11.8 Å². The summed E-state index contributed by atoms with van der Waals surface area (Å²) in [6.45, 7) is 15.7. The molecule has 22 heavy (non-hydrogen) atoms. The predicted octanol–water partition coefficient (Wildman–Crippen LogP) is 4.05. The SMILES string of the molecule is CCCCC1CC(NC(=O)OC(C)(C)C)CN(CC(C)C)C1. The van der Waals surface area contributed by atoms with Gasteiger partial charge in [0.25, 0.3) is 0 Å². The summed E-state index contributed by atoms with van der Waals surface area (Å²) in [7, 11) is 0. The fourth-order valence-electron chi connectivity index (χ4n) is 3.25. The first-order valence-corrected chi connectivity index (χ1v) is 8.91. The molecule has 0 bridgehead atoms. The highest BCUT2D eigenvalue weighted by atomic mass is 16.6. The Hall–Kier alpha value is -0.770. The van der Waals surface area contributed by atoms with E-state index < -0.39 is 5.60 Å². The molecule has 130 valence electrons. The molecule has 2 atom stereocenters. The standard InChI is InChI=1S/C18H36N2O2/c1-7-8-9-15-10-16(13-20(12-15)11-14(2)3)19-17(21)22-18(4,5)6/h14-16H,7-13H2,1-6H3,(H,19,21). The molecule has 0 radical (unpaired) electrons. The van der Waals surface area contributed by atoms with E-state index in [-0.39, 0.29) is 12.1 Å². The average molecular weight is 312 g/mol. The molecule has 2 unspecified atom stereocenters. The molecule has 1 N–H and O–H groups in total. The molecule has 0 saturated carbocycles. The third-order valence-electron chi connectivity index (χ3n) is 3.92. The van der Waals surface area contributed by atoms with E-state index in [9.17, 15) is 4.79 Å². The van der Waals surface area contributed by atoms with Gasteiger partial charge in [-0.05, 0) is 45.4 Å². The molecule has 1 aliphatic heterocycles. The number of amides is 1. The first kappa shape index (κ1) is 19.3. The minimum absolute atomic E-state index is 0.212. The van der Waals surface area contributed by atoms with Gasteiger partial charge in [0, 0.05) is 25.7 Å². The van der Waals surface area contributed by atoms with Crippen molar-refractivity contribution in [2.24, 2.45) is 11.8 Å². The van der Waals surface area contributed by atoms with Gasteiger partial charge in [-0.25, -0.2) is 4.79 Å². The van der Waals surface area contributed by atoms with Crippen LogP contribution in [-0.4, -0.2) is 42.3 Å². The fourth-order valence-corrected chi connectivity index (χ4v) is 3.25. The highest BCUT2D eigenvalue weighted by Gasteiger charge is 2.29. The van der Waals surface area contributed by atoms with Crippen LogP contribution in [-0.2, 0) is 4.74 Å². The van der Waals surface area contributed by atoms with Gasteiger partial charge in [0.1, 0.15) is 5.60 Å². The summed E-state index contributed by atoms with van der Waals surface area (Å²) in [6, 6.07) is 0.212. The largest absolute Gasteiger partial charge is 0.444 e. The lowest BCUT2D eigenvalue weighted by Crippen LogP contribution is -2.52. The summed E-state index contributed by atoms with van der Waals surface area (Å²) in [5.74, 6) is 1.35. The third kappa shape index (κ3) is 8.02. The zero-order chi connectivity index (χ0) is 16.8. The number of carbonyl (C=O) groups excluding carboxylic acids is 1. The second-order valence-electron chi connectivity index (χ2n) is 8.20. The van der Waals surface area contributed by atoms with Crippen molar-refractivity contribution in [3.63, 3.8) is 0 Å². The van der Waals surface area contributed by atoms with Crippen LogP contribution in [0.1, 0.15) is 67.2 Å². The summed E-state index contributed by atoms with van der Waals surface area (Å²) >= 11 is 0. The molecule has 0 aromatic heterocycles. The van der Waals surface area contributed by atoms with E-state index in [1.54, 1.807) is 0 Å². The molecular weight excluding hydrogens is 276 g/mol. The van der Waals surface area contributed by atoms with Crippen molar-refractivity contribution in [1.29, 1.82) is 0 Å². The number of nitrogens with zero attached hydrogens (tertiary/aromatic N) is 1. The number of ether oxygens (including phenoxy) is 1. The number of rotatable bonds is 6. The highest BCUT2D eigenvalue weighted by Crippen LogP contribution is 2.23. The summed E-state index contributed by atoms with van der Waals surface area (Å²) < 4.78 is 5.40. The normalized spacial score (nSPS) is 23.6. The topological polar surface area (TPSA) is 41.6 Å². The quantitative estimate of drug-likeness (QED) is 0.804. The average Bonchev–Trinajstić information content (AvgIpc) is 2.32. The van der Waals surface area contributed by atoms with Crippen molar-refractivity contribution in [2.75, 3.05) is 19.6 Å². The number of carbonyl (C=O) groups is 1. The maximum atomic E-state index is 12.0. The van der Waals surface area contributed by atoms with E-state index in [0.717, 1.165) is 19.5 Å². The molecule has 1 fully saturated rings. The van der Waals surface area contributed by atoms with E-state index in [2.05, 4.69) is 31.0 Å². The third-order valence-corrected chi connectivity index (χ3v) is 3.92. The number of alkyl carbamates (subject to hydrolysis) is 1. The minimum atomic E-state index is -0.433. The molecule has 1 amide bonds. The van der Waals surface area contributed by atoms with E-state index in [4.69, 9.17) is 4.74 Å². The molecule has 0 aliphatic carbocycles. The van der Waals surface area contributed by atoms with E-state index in [1.807, 2.05) is 20.8 Å². The molecule has 1 saturated heterocycles. The molecule has 4 heteroatoms. The fraction of sp³-hybridized carbons (Fsp3) is 0.944. The van der Waals surface area contributed by atoms with E-state index >= 15 is 0 Å². The Balaban J connectivity index is 2.57. The van der Waals surface area contributed by atoms with Crippen molar-refractivity contribution in [3.8, 4) is 0 Å². The summed E-state index contributed by atoms with van der Waals surface area (Å²) in [5, 5.41) is 3.08. The molecule has 0 aromatic rings. The monoisotopic (exact) mass is 312 g/mol. The van der Waals surface area contributed by atoms with Crippen molar-refractivity contribution >= 4 is 6.09 Å². The lowest BCUT2D eigenvalue weighted by molar-refractivity contribution is 0.0438. The minimum Gasteiger partial charge on any atom is -0.444 e. The van der Waals surface area contributed by atoms with Crippen molar-refractivity contribution in [1.82, 2.24) is 10.2 Å². The Kier molecular flexibility index (Phi) is 7.67. The van der Waals surface area contributed by atoms with Gasteiger partial charge >= 0.3 is 6.09 Å². The van der Waals surface area contributed by atoms with Crippen LogP contribution in [0.15, 0.2) is 0 Å². The van der Waals surface area contributed by atoms with Gasteiger partial charge in [0.2, 0.25) is 0 Å². The predicted molar refractivity (Wildman–Crippen MR) is 92.1 cm³/mol. The van der Waals surface area contributed by atoms with Gasteiger partial charge < -0.3 is 15.0 Å². The van der Waals surface area contributed by atoms with Crippen LogP contribution < -0.4 is 5.32 Å². The van der Waals surface area contributed by atoms with Gasteiger partial charge in [-0.15, -0.1) is 0 Å². The first-order chi connectivity index (χ1) is 10.2. The molecule has 1 heterocycles. The number of piperidine rings is 1. The van der Waals surface area contributed by atoms with Gasteiger partial charge in [-0.3, -0.25) is 0 Å². The molecule has 4 nitrogen and oxygen atoms in total. The molecule has 1 aliphatic rings. The van der Waals surface area contributed by atoms with Gasteiger partial charge in [0.15, 0.2) is 0 Å². The van der Waals surface area contributed by atoms with Crippen molar-refractivity contribution in [2.45, 2.75) is 78.9 Å². The number of hydrogen-bond donors (Lipinski definition) is 1. The van der Waals surface area contributed by atoms with Crippen LogP contribution in [0.5, 0.6) is 0 Å². The molecular formula is C18H36N2O2. The number of likely N-dealkylation sites (tertiary alicyclic amines) is 1. The lowest BCUT2D eigenvalue weighted by atomic mass is 9.89. The van der Waals surface area contributed by atoms with Crippen LogP contribution >= 0.6 is 0 Å². The maximum Gasteiger partial charge on any atom is 0.407 e. The second kappa shape index (κ2) is 8.76. The first-order valence-electron chi connectivity index (χ1n) is 8.91. The smallest absolute Gasteiger partial charge is 0.407 e. The van der Waals surface area contributed by atoms with Crippen molar-refractivity contribution < 1.29 is 9.53 Å². The Labute approximate surface area is 137 Å². The van der Waals surface area contributed by atoms with Gasteiger partial charge in [0.05, 0.1) is 0 Å². The Morgan fingerprint density at radius 2 is 2.00 bits per heavy atom. The Bertz CT molecular complexity index is 336. The summed E-state index contributed by atoms with van der Waals surface area (Å²) in [4.78, 5) is 14.5. The Morgan fingerprint density at radius 1 is 1.32 bits per heavy atom. The van der Waals surface area contributed by atoms with Crippen molar-refractivity contribution in [3.05, 3.63) is 0 Å². The van der Waals surface area contributed by atoms with Crippen LogP contribution in [0.25, 0.3) is 0 Å². The van der Waals surface area contributed by atoms with Gasteiger partial charge in [-0.2, -0.15) is 0 Å². The maximum absolute atomic E-state index is 12.0. The summed E-state index contributed by atoms with van der Waals surface area (Å²) in [6.07, 6.45) is 4.58.